The molecule has 1 fully saturated rings. The quantitative estimate of drug-likeness (QED) is 0.193. The van der Waals surface area contributed by atoms with Crippen LogP contribution >= 0.6 is 23.4 Å². The van der Waals surface area contributed by atoms with Crippen molar-refractivity contribution < 1.29 is 9.53 Å². The third-order valence-corrected chi connectivity index (χ3v) is 6.79. The van der Waals surface area contributed by atoms with Crippen LogP contribution in [0.2, 0.25) is 5.15 Å². The van der Waals surface area contributed by atoms with Crippen LogP contribution in [0.25, 0.3) is 0 Å². The molecule has 5 nitrogen and oxygen atoms in total. The Kier molecular flexibility index (Phi) is 7.66. The van der Waals surface area contributed by atoms with E-state index in [2.05, 4.69) is 40.2 Å². The topological polar surface area (TPSA) is 55.3 Å². The first-order valence-corrected chi connectivity index (χ1v) is 12.1. The van der Waals surface area contributed by atoms with E-state index in [-0.39, 0.29) is 5.97 Å². The van der Waals surface area contributed by atoms with Crippen molar-refractivity contribution in [3.05, 3.63) is 82.5 Å². The van der Waals surface area contributed by atoms with Crippen molar-refractivity contribution in [1.82, 2.24) is 9.97 Å². The van der Waals surface area contributed by atoms with Crippen LogP contribution in [-0.4, -0.2) is 36.1 Å². The summed E-state index contributed by atoms with van der Waals surface area (Å²) in [7, 11) is 1.38. The number of carbonyl (C=O) groups is 1. The lowest BCUT2D eigenvalue weighted by Crippen LogP contribution is -2.35. The van der Waals surface area contributed by atoms with Gasteiger partial charge in [-0.25, -0.2) is 14.8 Å². The fourth-order valence-corrected chi connectivity index (χ4v) is 5.00. The first kappa shape index (κ1) is 22.6. The van der Waals surface area contributed by atoms with Crippen molar-refractivity contribution in [2.75, 3.05) is 25.1 Å². The van der Waals surface area contributed by atoms with Gasteiger partial charge in [0.1, 0.15) is 11.0 Å². The maximum absolute atomic E-state index is 11.8. The van der Waals surface area contributed by atoms with Crippen molar-refractivity contribution in [2.45, 2.75) is 30.2 Å². The van der Waals surface area contributed by atoms with Crippen LogP contribution in [0, 0.1) is 5.92 Å². The second kappa shape index (κ2) is 10.8. The summed E-state index contributed by atoms with van der Waals surface area (Å²) in [5.41, 5.74) is 2.95. The molecule has 0 spiro atoms. The van der Waals surface area contributed by atoms with Crippen molar-refractivity contribution in [3.8, 4) is 0 Å². The number of hydrogen-bond donors (Lipinski definition) is 0. The summed E-state index contributed by atoms with van der Waals surface area (Å²) in [5.74, 6) is 1.88. The zero-order valence-corrected chi connectivity index (χ0v) is 19.6. The van der Waals surface area contributed by atoms with Gasteiger partial charge < -0.3 is 9.64 Å². The van der Waals surface area contributed by atoms with Gasteiger partial charge in [-0.15, -0.1) is 0 Å². The van der Waals surface area contributed by atoms with Crippen LogP contribution in [0.4, 0.5) is 5.82 Å². The molecule has 1 aliphatic rings. The molecule has 0 atom stereocenters. The number of anilines is 1. The van der Waals surface area contributed by atoms with Crippen LogP contribution in [0.5, 0.6) is 0 Å². The van der Waals surface area contributed by atoms with Crippen molar-refractivity contribution in [3.63, 3.8) is 0 Å². The molecule has 0 bridgehead atoms. The molecule has 0 unspecified atom stereocenters. The monoisotopic (exact) mass is 467 g/mol. The van der Waals surface area contributed by atoms with E-state index in [1.807, 2.05) is 24.3 Å². The highest BCUT2D eigenvalue weighted by molar-refractivity contribution is 7.98. The number of benzene rings is 2. The van der Waals surface area contributed by atoms with E-state index < -0.39 is 0 Å². The highest BCUT2D eigenvalue weighted by atomic mass is 35.5. The maximum atomic E-state index is 11.8. The molecular formula is C25H26ClN3O2S. The van der Waals surface area contributed by atoms with Crippen molar-refractivity contribution in [2.24, 2.45) is 5.92 Å². The van der Waals surface area contributed by atoms with E-state index in [0.29, 0.717) is 27.5 Å². The number of ether oxygens (including phenoxy) is 1. The Labute approximate surface area is 198 Å². The average Bonchev–Trinajstić information content (AvgIpc) is 2.83. The van der Waals surface area contributed by atoms with Gasteiger partial charge in [0.25, 0.3) is 0 Å². The molecule has 2 heterocycles. The van der Waals surface area contributed by atoms with Crippen molar-refractivity contribution in [1.29, 1.82) is 0 Å². The first-order valence-electron chi connectivity index (χ1n) is 10.7. The zero-order valence-electron chi connectivity index (χ0n) is 18.0. The SMILES string of the molecule is COC(=O)c1cccc(CSc2nc(Cl)cc(N3CCC(Cc4ccccc4)CC3)n2)c1. The Morgan fingerprint density at radius 3 is 2.56 bits per heavy atom. The fraction of sp³-hybridized carbons (Fsp3) is 0.320. The smallest absolute Gasteiger partial charge is 0.337 e. The lowest BCUT2D eigenvalue weighted by atomic mass is 9.90. The minimum absolute atomic E-state index is 0.339. The number of nitrogens with zero attached hydrogens (tertiary/aromatic N) is 3. The van der Waals surface area contributed by atoms with E-state index in [9.17, 15) is 4.79 Å². The normalized spacial score (nSPS) is 14.4. The molecule has 2 aromatic carbocycles. The van der Waals surface area contributed by atoms with Gasteiger partial charge >= 0.3 is 5.97 Å². The fourth-order valence-electron chi connectivity index (χ4n) is 3.98. The Hall–Kier alpha value is -2.57. The van der Waals surface area contributed by atoms with E-state index in [4.69, 9.17) is 21.3 Å². The molecular weight excluding hydrogens is 442 g/mol. The summed E-state index contributed by atoms with van der Waals surface area (Å²) in [6.07, 6.45) is 3.41. The van der Waals surface area contributed by atoms with E-state index in [1.54, 1.807) is 6.07 Å². The number of aromatic nitrogens is 2. The van der Waals surface area contributed by atoms with Gasteiger partial charge in [0.05, 0.1) is 12.7 Å². The standard InChI is InChI=1S/C25H26ClN3O2S/c1-31-24(30)21-9-5-8-20(15-21)17-32-25-27-22(26)16-23(28-25)29-12-10-19(11-13-29)14-18-6-3-2-4-7-18/h2-9,15-16,19H,10-14,17H2,1H3. The molecule has 0 saturated carbocycles. The molecule has 3 aromatic rings. The van der Waals surface area contributed by atoms with E-state index >= 15 is 0 Å². The summed E-state index contributed by atoms with van der Waals surface area (Å²) >= 11 is 7.83. The maximum Gasteiger partial charge on any atom is 0.337 e. The molecule has 1 aliphatic heterocycles. The number of methoxy groups -OCH3 is 1. The van der Waals surface area contributed by atoms with Gasteiger partial charge in [0.15, 0.2) is 5.16 Å². The van der Waals surface area contributed by atoms with Gasteiger partial charge in [-0.2, -0.15) is 0 Å². The molecule has 166 valence electrons. The second-order valence-electron chi connectivity index (χ2n) is 7.93. The summed E-state index contributed by atoms with van der Waals surface area (Å²) in [6, 6.07) is 20.0. The zero-order chi connectivity index (χ0) is 22.3. The molecule has 1 saturated heterocycles. The Bertz CT molecular complexity index is 1060. The number of carbonyl (C=O) groups excluding carboxylic acids is 1. The van der Waals surface area contributed by atoms with Crippen LogP contribution in [0.3, 0.4) is 0 Å². The Morgan fingerprint density at radius 2 is 1.81 bits per heavy atom. The van der Waals surface area contributed by atoms with Gasteiger partial charge in [-0.1, -0.05) is 65.8 Å². The third kappa shape index (κ3) is 6.02. The summed E-state index contributed by atoms with van der Waals surface area (Å²) < 4.78 is 4.80. The summed E-state index contributed by atoms with van der Waals surface area (Å²) in [4.78, 5) is 23.2. The van der Waals surface area contributed by atoms with Gasteiger partial charge in [-0.3, -0.25) is 0 Å². The second-order valence-corrected chi connectivity index (χ2v) is 9.26. The number of hydrogen-bond acceptors (Lipinski definition) is 6. The number of rotatable bonds is 7. The molecule has 0 N–H and O–H groups in total. The number of halogens is 1. The minimum atomic E-state index is -0.339. The molecule has 4 rings (SSSR count). The molecule has 32 heavy (non-hydrogen) atoms. The summed E-state index contributed by atoms with van der Waals surface area (Å²) in [6.45, 7) is 1.94. The van der Waals surface area contributed by atoms with Gasteiger partial charge in [0.2, 0.25) is 0 Å². The average molecular weight is 468 g/mol. The molecule has 7 heteroatoms. The predicted molar refractivity (Wildman–Crippen MR) is 129 cm³/mol. The van der Waals surface area contributed by atoms with Crippen LogP contribution in [0.1, 0.15) is 34.3 Å². The molecule has 0 aliphatic carbocycles. The van der Waals surface area contributed by atoms with E-state index in [0.717, 1.165) is 43.7 Å². The minimum Gasteiger partial charge on any atom is -0.465 e. The number of thioether (sulfide) groups is 1. The molecule has 0 radical (unpaired) electrons. The third-order valence-electron chi connectivity index (χ3n) is 5.68. The van der Waals surface area contributed by atoms with Crippen LogP contribution in [0.15, 0.2) is 65.8 Å². The lowest BCUT2D eigenvalue weighted by Gasteiger charge is -2.33. The van der Waals surface area contributed by atoms with Crippen LogP contribution < -0.4 is 4.90 Å². The van der Waals surface area contributed by atoms with Gasteiger partial charge in [0, 0.05) is 24.9 Å². The Balaban J connectivity index is 1.36. The first-order chi connectivity index (χ1) is 15.6. The predicted octanol–water partition coefficient (Wildman–Crippen LogP) is 5.67. The number of esters is 1. The van der Waals surface area contributed by atoms with E-state index in [1.165, 1.54) is 24.4 Å². The number of piperidine rings is 1. The highest BCUT2D eigenvalue weighted by Gasteiger charge is 2.21. The van der Waals surface area contributed by atoms with Crippen molar-refractivity contribution >= 4 is 35.1 Å². The Morgan fingerprint density at radius 1 is 1.06 bits per heavy atom. The van der Waals surface area contributed by atoms with Crippen LogP contribution in [-0.2, 0) is 16.9 Å². The largest absolute Gasteiger partial charge is 0.465 e. The molecule has 0 amide bonds. The highest BCUT2D eigenvalue weighted by Crippen LogP contribution is 2.28. The summed E-state index contributed by atoms with van der Waals surface area (Å²) in [5, 5.41) is 1.09. The van der Waals surface area contributed by atoms with Gasteiger partial charge in [-0.05, 0) is 48.4 Å². The lowest BCUT2D eigenvalue weighted by molar-refractivity contribution is 0.0600. The molecule has 1 aromatic heterocycles.